The normalized spacial score (nSPS) is 12.4. The quantitative estimate of drug-likeness (QED) is 0.910. The van der Waals surface area contributed by atoms with Crippen LogP contribution in [0.3, 0.4) is 0 Å². The van der Waals surface area contributed by atoms with Gasteiger partial charge in [0.1, 0.15) is 6.54 Å². The SMILES string of the molecule is Cc1ccccc1-c1nnn(CC(=O)N[C@@H](C)C(C)C)n1. The molecule has 1 aromatic heterocycles. The molecule has 2 rings (SSSR count). The van der Waals surface area contributed by atoms with Gasteiger partial charge in [-0.25, -0.2) is 0 Å². The molecule has 0 aliphatic carbocycles. The average Bonchev–Trinajstić information content (AvgIpc) is 2.87. The molecular formula is C15H21N5O. The van der Waals surface area contributed by atoms with Crippen LogP contribution in [0.1, 0.15) is 26.3 Å². The minimum Gasteiger partial charge on any atom is -0.352 e. The highest BCUT2D eigenvalue weighted by Gasteiger charge is 2.13. The lowest BCUT2D eigenvalue weighted by Gasteiger charge is -2.16. The van der Waals surface area contributed by atoms with Gasteiger partial charge in [-0.15, -0.1) is 10.2 Å². The largest absolute Gasteiger partial charge is 0.352 e. The molecule has 6 heteroatoms. The fraction of sp³-hybridized carbons (Fsp3) is 0.467. The monoisotopic (exact) mass is 287 g/mol. The van der Waals surface area contributed by atoms with Crippen LogP contribution in [0.5, 0.6) is 0 Å². The predicted octanol–water partition coefficient (Wildman–Crippen LogP) is 1.81. The Morgan fingerprint density at radius 1 is 1.29 bits per heavy atom. The zero-order chi connectivity index (χ0) is 15.4. The second-order valence-corrected chi connectivity index (χ2v) is 5.56. The van der Waals surface area contributed by atoms with Gasteiger partial charge >= 0.3 is 0 Å². The minimum atomic E-state index is -0.107. The summed E-state index contributed by atoms with van der Waals surface area (Å²) in [6.07, 6.45) is 0. The smallest absolute Gasteiger partial charge is 0.243 e. The number of amides is 1. The number of hydrogen-bond donors (Lipinski definition) is 1. The molecule has 0 spiro atoms. The first-order valence-electron chi connectivity index (χ1n) is 7.10. The van der Waals surface area contributed by atoms with Gasteiger partial charge in [-0.1, -0.05) is 38.1 Å². The highest BCUT2D eigenvalue weighted by molar-refractivity contribution is 5.75. The topological polar surface area (TPSA) is 72.7 Å². The lowest BCUT2D eigenvalue weighted by atomic mass is 10.1. The van der Waals surface area contributed by atoms with Crippen molar-refractivity contribution in [3.05, 3.63) is 29.8 Å². The van der Waals surface area contributed by atoms with Gasteiger partial charge in [-0.2, -0.15) is 4.80 Å². The molecule has 0 saturated carbocycles. The van der Waals surface area contributed by atoms with Crippen LogP contribution in [-0.4, -0.2) is 32.2 Å². The number of benzene rings is 1. The zero-order valence-corrected chi connectivity index (χ0v) is 12.9. The highest BCUT2D eigenvalue weighted by Crippen LogP contribution is 2.17. The molecule has 1 aromatic carbocycles. The second-order valence-electron chi connectivity index (χ2n) is 5.56. The van der Waals surface area contributed by atoms with E-state index in [0.29, 0.717) is 11.7 Å². The number of tetrazole rings is 1. The number of hydrogen-bond acceptors (Lipinski definition) is 4. The fourth-order valence-electron chi connectivity index (χ4n) is 1.84. The van der Waals surface area contributed by atoms with E-state index in [-0.39, 0.29) is 18.5 Å². The molecule has 0 bridgehead atoms. The Labute approximate surface area is 124 Å². The Morgan fingerprint density at radius 3 is 2.67 bits per heavy atom. The number of carbonyl (C=O) groups excluding carboxylic acids is 1. The van der Waals surface area contributed by atoms with Crippen LogP contribution < -0.4 is 5.32 Å². The second kappa shape index (κ2) is 6.47. The van der Waals surface area contributed by atoms with E-state index >= 15 is 0 Å². The maximum absolute atomic E-state index is 11.9. The standard InChI is InChI=1S/C15H21N5O/c1-10(2)12(4)16-14(21)9-20-18-15(17-19-20)13-8-6-5-7-11(13)3/h5-8,10,12H,9H2,1-4H3,(H,16,21)/t12-/m0/s1. The lowest BCUT2D eigenvalue weighted by Crippen LogP contribution is -2.38. The summed E-state index contributed by atoms with van der Waals surface area (Å²) in [6, 6.07) is 7.95. The Hall–Kier alpha value is -2.24. The zero-order valence-electron chi connectivity index (χ0n) is 12.9. The summed E-state index contributed by atoms with van der Waals surface area (Å²) in [5, 5.41) is 15.1. The molecule has 1 heterocycles. The molecular weight excluding hydrogens is 266 g/mol. The molecule has 0 saturated heterocycles. The molecule has 0 aliphatic rings. The number of nitrogens with zero attached hydrogens (tertiary/aromatic N) is 4. The van der Waals surface area contributed by atoms with Gasteiger partial charge in [0.2, 0.25) is 11.7 Å². The van der Waals surface area contributed by atoms with E-state index in [0.717, 1.165) is 11.1 Å². The fourth-order valence-corrected chi connectivity index (χ4v) is 1.84. The van der Waals surface area contributed by atoms with E-state index in [1.54, 1.807) is 0 Å². The Bertz CT molecular complexity index is 620. The third-order valence-electron chi connectivity index (χ3n) is 3.51. The summed E-state index contributed by atoms with van der Waals surface area (Å²) >= 11 is 0. The van der Waals surface area contributed by atoms with Gasteiger partial charge in [0.15, 0.2) is 0 Å². The van der Waals surface area contributed by atoms with Crippen molar-refractivity contribution >= 4 is 5.91 Å². The van der Waals surface area contributed by atoms with E-state index in [1.165, 1.54) is 4.80 Å². The predicted molar refractivity (Wildman–Crippen MR) is 80.4 cm³/mol. The van der Waals surface area contributed by atoms with Gasteiger partial charge in [-0.05, 0) is 30.5 Å². The number of aromatic nitrogens is 4. The summed E-state index contributed by atoms with van der Waals surface area (Å²) in [5.74, 6) is 0.822. The number of aryl methyl sites for hydroxylation is 1. The van der Waals surface area contributed by atoms with E-state index in [1.807, 2.05) is 38.1 Å². The highest BCUT2D eigenvalue weighted by atomic mass is 16.2. The molecule has 0 radical (unpaired) electrons. The van der Waals surface area contributed by atoms with Gasteiger partial charge in [0.05, 0.1) is 0 Å². The number of nitrogens with one attached hydrogen (secondary N) is 1. The van der Waals surface area contributed by atoms with Crippen LogP contribution in [0.25, 0.3) is 11.4 Å². The first-order valence-corrected chi connectivity index (χ1v) is 7.10. The Kier molecular flexibility index (Phi) is 4.67. The number of carbonyl (C=O) groups is 1. The molecule has 0 aliphatic heterocycles. The van der Waals surface area contributed by atoms with Crippen molar-refractivity contribution in [2.24, 2.45) is 5.92 Å². The van der Waals surface area contributed by atoms with Crippen LogP contribution in [0.4, 0.5) is 0 Å². The third-order valence-corrected chi connectivity index (χ3v) is 3.51. The van der Waals surface area contributed by atoms with Crippen molar-refractivity contribution in [3.8, 4) is 11.4 Å². The van der Waals surface area contributed by atoms with Gasteiger partial charge < -0.3 is 5.32 Å². The van der Waals surface area contributed by atoms with Gasteiger partial charge in [-0.3, -0.25) is 4.79 Å². The molecule has 1 atom stereocenters. The molecule has 1 N–H and O–H groups in total. The van der Waals surface area contributed by atoms with Crippen LogP contribution in [-0.2, 0) is 11.3 Å². The average molecular weight is 287 g/mol. The first kappa shape index (κ1) is 15.2. The summed E-state index contributed by atoms with van der Waals surface area (Å²) in [7, 11) is 0. The summed E-state index contributed by atoms with van der Waals surface area (Å²) in [5.41, 5.74) is 2.01. The summed E-state index contributed by atoms with van der Waals surface area (Å²) in [6.45, 7) is 8.18. The van der Waals surface area contributed by atoms with Crippen molar-refractivity contribution in [2.75, 3.05) is 0 Å². The summed E-state index contributed by atoms with van der Waals surface area (Å²) < 4.78 is 0. The van der Waals surface area contributed by atoms with Crippen LogP contribution in [0, 0.1) is 12.8 Å². The molecule has 6 nitrogen and oxygen atoms in total. The third kappa shape index (κ3) is 3.87. The van der Waals surface area contributed by atoms with E-state index in [9.17, 15) is 4.79 Å². The van der Waals surface area contributed by atoms with Crippen LogP contribution in [0.2, 0.25) is 0 Å². The molecule has 1 amide bonds. The molecule has 0 fully saturated rings. The molecule has 0 unspecified atom stereocenters. The van der Waals surface area contributed by atoms with Crippen molar-refractivity contribution in [1.29, 1.82) is 0 Å². The molecule has 112 valence electrons. The lowest BCUT2D eigenvalue weighted by molar-refractivity contribution is -0.123. The van der Waals surface area contributed by atoms with Crippen molar-refractivity contribution in [2.45, 2.75) is 40.3 Å². The molecule has 2 aromatic rings. The van der Waals surface area contributed by atoms with Crippen LogP contribution >= 0.6 is 0 Å². The number of rotatable bonds is 5. The Morgan fingerprint density at radius 2 is 2.00 bits per heavy atom. The van der Waals surface area contributed by atoms with E-state index in [4.69, 9.17) is 0 Å². The van der Waals surface area contributed by atoms with Crippen molar-refractivity contribution in [3.63, 3.8) is 0 Å². The Balaban J connectivity index is 2.04. The van der Waals surface area contributed by atoms with Gasteiger partial charge in [0.25, 0.3) is 0 Å². The van der Waals surface area contributed by atoms with E-state index < -0.39 is 0 Å². The maximum atomic E-state index is 11.9. The minimum absolute atomic E-state index is 0.0793. The summed E-state index contributed by atoms with van der Waals surface area (Å²) in [4.78, 5) is 13.2. The van der Waals surface area contributed by atoms with Crippen molar-refractivity contribution in [1.82, 2.24) is 25.5 Å². The maximum Gasteiger partial charge on any atom is 0.243 e. The van der Waals surface area contributed by atoms with Crippen molar-refractivity contribution < 1.29 is 4.79 Å². The van der Waals surface area contributed by atoms with E-state index in [2.05, 4.69) is 34.6 Å². The molecule has 21 heavy (non-hydrogen) atoms. The van der Waals surface area contributed by atoms with Gasteiger partial charge in [0, 0.05) is 11.6 Å². The van der Waals surface area contributed by atoms with Crippen LogP contribution in [0.15, 0.2) is 24.3 Å². The first-order chi connectivity index (χ1) is 9.97.